The Bertz CT molecular complexity index is 1380. The summed E-state index contributed by atoms with van der Waals surface area (Å²) in [5.74, 6) is 0.977. The average Bonchev–Trinajstić information content (AvgIpc) is 3.24. The Labute approximate surface area is 202 Å². The zero-order valence-electron chi connectivity index (χ0n) is 19.1. The summed E-state index contributed by atoms with van der Waals surface area (Å²) in [5.41, 5.74) is 3.24. The Morgan fingerprint density at radius 1 is 1.12 bits per heavy atom. The first-order chi connectivity index (χ1) is 16.6. The second kappa shape index (κ2) is 9.89. The normalized spacial score (nSPS) is 14.6. The lowest BCUT2D eigenvalue weighted by molar-refractivity contribution is -0.129. The molecule has 2 aromatic carbocycles. The van der Waals surface area contributed by atoms with Crippen LogP contribution in [0.25, 0.3) is 21.9 Å². The molecule has 1 N–H and O–H groups in total. The SMILES string of the molecule is C=CCn1c(SCC(=O)N2CCC(Cc3ccccc3)CC2)nc2c([nH]c3ccccc32)c1=O. The minimum atomic E-state index is -0.141. The van der Waals surface area contributed by atoms with Crippen molar-refractivity contribution in [3.05, 3.63) is 83.2 Å². The minimum Gasteiger partial charge on any atom is -0.349 e. The number of hydrogen-bond acceptors (Lipinski definition) is 4. The van der Waals surface area contributed by atoms with Gasteiger partial charge in [-0.2, -0.15) is 0 Å². The Kier molecular flexibility index (Phi) is 6.54. The lowest BCUT2D eigenvalue weighted by atomic mass is 9.90. The molecule has 0 bridgehead atoms. The van der Waals surface area contributed by atoms with E-state index in [0.29, 0.717) is 28.7 Å². The van der Waals surface area contributed by atoms with Crippen LogP contribution < -0.4 is 5.56 Å². The second-order valence-electron chi connectivity index (χ2n) is 8.80. The summed E-state index contributed by atoms with van der Waals surface area (Å²) in [5, 5.41) is 1.46. The first-order valence-electron chi connectivity index (χ1n) is 11.7. The Hall–Kier alpha value is -3.32. The molecule has 2 aromatic heterocycles. The van der Waals surface area contributed by atoms with Crippen molar-refractivity contribution < 1.29 is 4.79 Å². The molecule has 0 atom stereocenters. The number of benzene rings is 2. The second-order valence-corrected chi connectivity index (χ2v) is 9.74. The number of nitrogens with one attached hydrogen (secondary N) is 1. The first-order valence-corrected chi connectivity index (χ1v) is 12.7. The van der Waals surface area contributed by atoms with E-state index >= 15 is 0 Å². The van der Waals surface area contributed by atoms with Crippen molar-refractivity contribution in [3.63, 3.8) is 0 Å². The first kappa shape index (κ1) is 22.5. The number of piperidine rings is 1. The van der Waals surface area contributed by atoms with Crippen LogP contribution in [-0.4, -0.2) is 44.2 Å². The zero-order valence-corrected chi connectivity index (χ0v) is 19.9. The van der Waals surface area contributed by atoms with Crippen molar-refractivity contribution in [1.29, 1.82) is 0 Å². The molecule has 7 heteroatoms. The largest absolute Gasteiger partial charge is 0.349 e. The van der Waals surface area contributed by atoms with Gasteiger partial charge in [0.15, 0.2) is 5.16 Å². The van der Waals surface area contributed by atoms with Crippen molar-refractivity contribution in [1.82, 2.24) is 19.4 Å². The van der Waals surface area contributed by atoms with Gasteiger partial charge in [0.05, 0.1) is 5.75 Å². The molecule has 1 fully saturated rings. The molecule has 1 aliphatic rings. The van der Waals surface area contributed by atoms with E-state index in [0.717, 1.165) is 43.3 Å². The van der Waals surface area contributed by atoms with Gasteiger partial charge in [-0.25, -0.2) is 4.98 Å². The summed E-state index contributed by atoms with van der Waals surface area (Å²) >= 11 is 1.33. The quantitative estimate of drug-likeness (QED) is 0.242. The van der Waals surface area contributed by atoms with Gasteiger partial charge in [-0.05, 0) is 36.8 Å². The van der Waals surface area contributed by atoms with Gasteiger partial charge < -0.3 is 9.88 Å². The molecule has 174 valence electrons. The number of allylic oxidation sites excluding steroid dienone is 1. The minimum absolute atomic E-state index is 0.0987. The van der Waals surface area contributed by atoms with Gasteiger partial charge in [0.2, 0.25) is 5.91 Å². The number of amides is 1. The Morgan fingerprint density at radius 2 is 1.85 bits per heavy atom. The van der Waals surface area contributed by atoms with Crippen LogP contribution in [-0.2, 0) is 17.8 Å². The lowest BCUT2D eigenvalue weighted by Crippen LogP contribution is -2.40. The van der Waals surface area contributed by atoms with E-state index in [9.17, 15) is 9.59 Å². The van der Waals surface area contributed by atoms with Crippen LogP contribution >= 0.6 is 11.8 Å². The van der Waals surface area contributed by atoms with E-state index in [1.165, 1.54) is 17.3 Å². The number of likely N-dealkylation sites (tertiary alicyclic amines) is 1. The number of rotatable bonds is 7. The number of thioether (sulfide) groups is 1. The molecule has 5 rings (SSSR count). The summed E-state index contributed by atoms with van der Waals surface area (Å²) in [6.45, 7) is 5.70. The van der Waals surface area contributed by atoms with E-state index in [4.69, 9.17) is 4.98 Å². The predicted octanol–water partition coefficient (Wildman–Crippen LogP) is 4.64. The number of nitrogens with zero attached hydrogens (tertiary/aromatic N) is 3. The monoisotopic (exact) mass is 472 g/mol. The molecule has 0 unspecified atom stereocenters. The molecule has 1 aliphatic heterocycles. The standard InChI is InChI=1S/C27H28N4O2S/c1-2-14-31-26(33)25-24(21-10-6-7-11-22(21)28-25)29-27(31)34-18-23(32)30-15-12-20(13-16-30)17-19-8-4-3-5-9-19/h2-11,20,28H,1,12-18H2. The summed E-state index contributed by atoms with van der Waals surface area (Å²) in [6.07, 6.45) is 4.79. The highest BCUT2D eigenvalue weighted by atomic mass is 32.2. The number of para-hydroxylation sites is 1. The number of aromatic nitrogens is 3. The molecule has 6 nitrogen and oxygen atoms in total. The van der Waals surface area contributed by atoms with Gasteiger partial charge in [-0.1, -0.05) is 66.4 Å². The summed E-state index contributed by atoms with van der Waals surface area (Å²) in [4.78, 5) is 36.1. The number of carbonyl (C=O) groups excluding carboxylic acids is 1. The molecule has 0 spiro atoms. The molecule has 0 radical (unpaired) electrons. The molecule has 1 amide bonds. The van der Waals surface area contributed by atoms with Gasteiger partial charge in [0.25, 0.3) is 5.56 Å². The maximum absolute atomic E-state index is 13.2. The van der Waals surface area contributed by atoms with Crippen LogP contribution in [0.4, 0.5) is 0 Å². The fourth-order valence-electron chi connectivity index (χ4n) is 4.73. The highest BCUT2D eigenvalue weighted by Crippen LogP contribution is 2.26. The van der Waals surface area contributed by atoms with Gasteiger partial charge >= 0.3 is 0 Å². The van der Waals surface area contributed by atoms with E-state index in [1.54, 1.807) is 10.6 Å². The van der Waals surface area contributed by atoms with Crippen LogP contribution in [0, 0.1) is 5.92 Å². The number of aromatic amines is 1. The van der Waals surface area contributed by atoms with E-state index in [-0.39, 0.29) is 17.2 Å². The Morgan fingerprint density at radius 3 is 2.62 bits per heavy atom. The average molecular weight is 473 g/mol. The molecule has 0 saturated carbocycles. The highest BCUT2D eigenvalue weighted by Gasteiger charge is 2.24. The third-order valence-corrected chi connectivity index (χ3v) is 7.51. The number of fused-ring (bicyclic) bond motifs is 3. The van der Waals surface area contributed by atoms with Crippen molar-refractivity contribution in [2.75, 3.05) is 18.8 Å². The highest BCUT2D eigenvalue weighted by molar-refractivity contribution is 7.99. The number of H-pyrrole nitrogens is 1. The van der Waals surface area contributed by atoms with Gasteiger partial charge in [0.1, 0.15) is 11.0 Å². The summed E-state index contributed by atoms with van der Waals surface area (Å²) in [6, 6.07) is 18.3. The maximum Gasteiger partial charge on any atom is 0.278 e. The molecular weight excluding hydrogens is 444 g/mol. The third-order valence-electron chi connectivity index (χ3n) is 6.55. The van der Waals surface area contributed by atoms with Gasteiger partial charge in [-0.3, -0.25) is 14.2 Å². The van der Waals surface area contributed by atoms with Gasteiger partial charge in [-0.15, -0.1) is 6.58 Å². The zero-order chi connectivity index (χ0) is 23.5. The fourth-order valence-corrected chi connectivity index (χ4v) is 5.63. The predicted molar refractivity (Wildman–Crippen MR) is 138 cm³/mol. The third kappa shape index (κ3) is 4.53. The van der Waals surface area contributed by atoms with Crippen molar-refractivity contribution in [2.24, 2.45) is 5.92 Å². The molecule has 1 saturated heterocycles. The summed E-state index contributed by atoms with van der Waals surface area (Å²) < 4.78 is 1.59. The van der Waals surface area contributed by atoms with Crippen LogP contribution in [0.2, 0.25) is 0 Å². The van der Waals surface area contributed by atoms with Crippen molar-refractivity contribution >= 4 is 39.6 Å². The van der Waals surface area contributed by atoms with Crippen LogP contribution in [0.5, 0.6) is 0 Å². The van der Waals surface area contributed by atoms with Gasteiger partial charge in [0, 0.05) is 30.5 Å². The topological polar surface area (TPSA) is 71.0 Å². The number of hydrogen-bond donors (Lipinski definition) is 1. The van der Waals surface area contributed by atoms with E-state index in [2.05, 4.69) is 35.8 Å². The summed E-state index contributed by atoms with van der Waals surface area (Å²) in [7, 11) is 0. The van der Waals surface area contributed by atoms with Crippen LogP contribution in [0.15, 0.2) is 77.2 Å². The van der Waals surface area contributed by atoms with Crippen LogP contribution in [0.1, 0.15) is 18.4 Å². The van der Waals surface area contributed by atoms with Crippen molar-refractivity contribution in [2.45, 2.75) is 31.0 Å². The maximum atomic E-state index is 13.2. The number of carbonyl (C=O) groups is 1. The molecule has 3 heterocycles. The van der Waals surface area contributed by atoms with E-state index in [1.807, 2.05) is 35.2 Å². The van der Waals surface area contributed by atoms with Crippen molar-refractivity contribution in [3.8, 4) is 0 Å². The molecule has 34 heavy (non-hydrogen) atoms. The Balaban J connectivity index is 1.28. The smallest absolute Gasteiger partial charge is 0.278 e. The lowest BCUT2D eigenvalue weighted by Gasteiger charge is -2.32. The fraction of sp³-hybridized carbons (Fsp3) is 0.296. The van der Waals surface area contributed by atoms with E-state index < -0.39 is 0 Å². The molecule has 0 aliphatic carbocycles. The van der Waals surface area contributed by atoms with Crippen LogP contribution in [0.3, 0.4) is 0 Å². The molecular formula is C27H28N4O2S. The molecule has 4 aromatic rings.